The number of likely N-dealkylation sites (N-methyl/N-ethyl adjacent to an activating group) is 1. The molecule has 1 fully saturated rings. The summed E-state index contributed by atoms with van der Waals surface area (Å²) in [5, 5.41) is 0. The molecule has 1 aliphatic heterocycles. The second kappa shape index (κ2) is 8.38. The van der Waals surface area contributed by atoms with Crippen LogP contribution in [-0.4, -0.2) is 36.2 Å². The van der Waals surface area contributed by atoms with Crippen LogP contribution in [-0.2, 0) is 10.3 Å². The van der Waals surface area contributed by atoms with Crippen molar-refractivity contribution in [2.75, 3.05) is 6.54 Å². The molecule has 1 aliphatic rings. The Morgan fingerprint density at radius 1 is 0.885 bits per heavy atom. The molecule has 1 aromatic rings. The van der Waals surface area contributed by atoms with Crippen LogP contribution >= 0.6 is 0 Å². The molecule has 0 spiro atoms. The summed E-state index contributed by atoms with van der Waals surface area (Å²) in [6.45, 7) is 11.0. The van der Waals surface area contributed by atoms with Crippen molar-refractivity contribution in [2.24, 2.45) is 0 Å². The molecule has 0 saturated carbocycles. The molecule has 2 rings (SSSR count). The number of hydrogen-bond donors (Lipinski definition) is 0. The van der Waals surface area contributed by atoms with Crippen LogP contribution in [0.2, 0.25) is 18.1 Å². The second-order valence-corrected chi connectivity index (χ2v) is 12.0. The van der Waals surface area contributed by atoms with E-state index in [1.165, 1.54) is 0 Å². The number of amides is 3. The van der Waals surface area contributed by atoms with Gasteiger partial charge in [0.25, 0.3) is 5.91 Å². The second-order valence-electron chi connectivity index (χ2n) is 7.58. The lowest BCUT2D eigenvalue weighted by Gasteiger charge is -2.38. The van der Waals surface area contributed by atoms with Crippen LogP contribution in [0.1, 0.15) is 59.4 Å². The number of carbonyl (C=O) groups is 2. The van der Waals surface area contributed by atoms with E-state index in [2.05, 4.69) is 20.8 Å². The molecule has 0 radical (unpaired) electrons. The molecule has 0 aliphatic carbocycles. The van der Waals surface area contributed by atoms with Crippen molar-refractivity contribution in [3.63, 3.8) is 0 Å². The van der Waals surface area contributed by atoms with Gasteiger partial charge >= 0.3 is 6.03 Å². The average Bonchev–Trinajstić information content (AvgIpc) is 2.83. The van der Waals surface area contributed by atoms with Crippen LogP contribution < -0.4 is 0 Å². The standard InChI is InChI=1S/C21H34N2O2Si/c1-6-15-26(16-7-2,17-8-3)23-19(24)21(5,22(9-4)20(23)25)18-13-11-10-12-14-18/h10-14H,6-9,15-17H2,1-5H3. The third-order valence-corrected chi connectivity index (χ3v) is 11.5. The summed E-state index contributed by atoms with van der Waals surface area (Å²) >= 11 is 0. The number of nitrogens with zero attached hydrogens (tertiary/aromatic N) is 2. The fourth-order valence-corrected chi connectivity index (χ4v) is 10.1. The first kappa shape index (κ1) is 20.7. The first-order chi connectivity index (χ1) is 12.4. The fourth-order valence-electron chi connectivity index (χ4n) is 4.75. The SMILES string of the molecule is CCC[Si](CCC)(CCC)N1C(=O)N(CC)C(C)(c2ccccc2)C1=O. The van der Waals surface area contributed by atoms with E-state index in [1.54, 1.807) is 9.47 Å². The van der Waals surface area contributed by atoms with Crippen LogP contribution in [0.5, 0.6) is 0 Å². The van der Waals surface area contributed by atoms with E-state index in [0.29, 0.717) is 6.54 Å². The highest BCUT2D eigenvalue weighted by Gasteiger charge is 2.60. The van der Waals surface area contributed by atoms with Crippen LogP contribution in [0.25, 0.3) is 0 Å². The number of imide groups is 1. The van der Waals surface area contributed by atoms with E-state index in [1.807, 2.05) is 44.2 Å². The van der Waals surface area contributed by atoms with Crippen molar-refractivity contribution < 1.29 is 9.59 Å². The first-order valence-corrected chi connectivity index (χ1v) is 12.7. The van der Waals surface area contributed by atoms with E-state index >= 15 is 0 Å². The summed E-state index contributed by atoms with van der Waals surface area (Å²) < 4.78 is 1.78. The zero-order valence-electron chi connectivity index (χ0n) is 17.0. The summed E-state index contributed by atoms with van der Waals surface area (Å²) in [6, 6.07) is 12.8. The monoisotopic (exact) mass is 374 g/mol. The van der Waals surface area contributed by atoms with Crippen LogP contribution in [0.15, 0.2) is 30.3 Å². The minimum absolute atomic E-state index is 0.00225. The lowest BCUT2D eigenvalue weighted by molar-refractivity contribution is -0.130. The van der Waals surface area contributed by atoms with Gasteiger partial charge < -0.3 is 4.90 Å². The molecule has 1 saturated heterocycles. The van der Waals surface area contributed by atoms with Gasteiger partial charge in [-0.2, -0.15) is 0 Å². The summed E-state index contributed by atoms with van der Waals surface area (Å²) in [5.41, 5.74) is 0.0238. The maximum absolute atomic E-state index is 13.8. The van der Waals surface area contributed by atoms with Gasteiger partial charge in [-0.05, 0) is 37.5 Å². The summed E-state index contributed by atoms with van der Waals surface area (Å²) in [6.07, 6.45) is 3.08. The van der Waals surface area contributed by atoms with Crippen molar-refractivity contribution in [1.82, 2.24) is 9.47 Å². The normalized spacial score (nSPS) is 21.0. The van der Waals surface area contributed by atoms with E-state index in [0.717, 1.165) is 43.0 Å². The van der Waals surface area contributed by atoms with Gasteiger partial charge in [0.1, 0.15) is 5.54 Å². The molecule has 0 bridgehead atoms. The Morgan fingerprint density at radius 3 is 1.81 bits per heavy atom. The third kappa shape index (κ3) is 3.22. The van der Waals surface area contributed by atoms with E-state index in [-0.39, 0.29) is 11.9 Å². The Kier molecular flexibility index (Phi) is 6.67. The van der Waals surface area contributed by atoms with Crippen LogP contribution in [0.4, 0.5) is 4.79 Å². The molecule has 1 aromatic carbocycles. The van der Waals surface area contributed by atoms with Gasteiger partial charge in [0.15, 0.2) is 8.24 Å². The molecule has 3 amide bonds. The van der Waals surface area contributed by atoms with E-state index < -0.39 is 13.8 Å². The van der Waals surface area contributed by atoms with Gasteiger partial charge in [0.2, 0.25) is 0 Å². The maximum atomic E-state index is 13.8. The third-order valence-electron chi connectivity index (χ3n) is 5.85. The maximum Gasteiger partial charge on any atom is 0.319 e. The molecule has 1 atom stereocenters. The lowest BCUT2D eigenvalue weighted by Crippen LogP contribution is -2.57. The highest BCUT2D eigenvalue weighted by molar-refractivity contribution is 6.81. The quantitative estimate of drug-likeness (QED) is 0.431. The lowest BCUT2D eigenvalue weighted by atomic mass is 9.91. The first-order valence-electron chi connectivity index (χ1n) is 10.1. The van der Waals surface area contributed by atoms with Crippen molar-refractivity contribution in [1.29, 1.82) is 0 Å². The Balaban J connectivity index is 2.59. The fraction of sp³-hybridized carbons (Fsp3) is 0.619. The molecule has 0 aromatic heterocycles. The molecular formula is C21H34N2O2Si. The predicted octanol–water partition coefficient (Wildman–Crippen LogP) is 5.36. The molecular weight excluding hydrogens is 340 g/mol. The van der Waals surface area contributed by atoms with Crippen molar-refractivity contribution in [2.45, 2.75) is 77.6 Å². The predicted molar refractivity (Wildman–Crippen MR) is 109 cm³/mol. The summed E-state index contributed by atoms with van der Waals surface area (Å²) in [5.74, 6) is -0.00225. The average molecular weight is 375 g/mol. The number of hydrogen-bond acceptors (Lipinski definition) is 2. The molecule has 5 heteroatoms. The van der Waals surface area contributed by atoms with Crippen LogP contribution in [0, 0.1) is 0 Å². The van der Waals surface area contributed by atoms with Gasteiger partial charge in [-0.1, -0.05) is 70.4 Å². The van der Waals surface area contributed by atoms with Crippen LogP contribution in [0.3, 0.4) is 0 Å². The molecule has 144 valence electrons. The Labute approximate surface area is 159 Å². The van der Waals surface area contributed by atoms with Gasteiger partial charge in [-0.15, -0.1) is 0 Å². The number of benzene rings is 1. The van der Waals surface area contributed by atoms with E-state index in [4.69, 9.17) is 0 Å². The van der Waals surface area contributed by atoms with Gasteiger partial charge in [0.05, 0.1) is 0 Å². The highest BCUT2D eigenvalue weighted by atomic mass is 28.3. The van der Waals surface area contributed by atoms with E-state index in [9.17, 15) is 9.59 Å². The zero-order valence-corrected chi connectivity index (χ0v) is 18.0. The summed E-state index contributed by atoms with van der Waals surface area (Å²) in [4.78, 5) is 29.0. The number of rotatable bonds is 9. The molecule has 1 heterocycles. The van der Waals surface area contributed by atoms with Crippen molar-refractivity contribution in [3.05, 3.63) is 35.9 Å². The van der Waals surface area contributed by atoms with Crippen molar-refractivity contribution in [3.8, 4) is 0 Å². The Bertz CT molecular complexity index is 617. The Hall–Kier alpha value is -1.62. The number of urea groups is 1. The topological polar surface area (TPSA) is 40.6 Å². The Morgan fingerprint density at radius 2 is 1.38 bits per heavy atom. The van der Waals surface area contributed by atoms with Gasteiger partial charge in [-0.3, -0.25) is 9.36 Å². The molecule has 0 N–H and O–H groups in total. The van der Waals surface area contributed by atoms with Gasteiger partial charge in [0, 0.05) is 6.54 Å². The van der Waals surface area contributed by atoms with Gasteiger partial charge in [-0.25, -0.2) is 4.79 Å². The molecule has 1 unspecified atom stereocenters. The molecule has 26 heavy (non-hydrogen) atoms. The largest absolute Gasteiger partial charge is 0.319 e. The summed E-state index contributed by atoms with van der Waals surface area (Å²) in [7, 11) is -2.18. The highest BCUT2D eigenvalue weighted by Crippen LogP contribution is 2.43. The minimum Gasteiger partial charge on any atom is -0.307 e. The van der Waals surface area contributed by atoms with Crippen molar-refractivity contribution >= 4 is 20.2 Å². The zero-order chi connectivity index (χ0) is 19.4. The smallest absolute Gasteiger partial charge is 0.307 e. The minimum atomic E-state index is -2.18. The number of carbonyl (C=O) groups excluding carboxylic acids is 2. The molecule has 4 nitrogen and oxygen atoms in total.